The van der Waals surface area contributed by atoms with E-state index in [4.69, 9.17) is 10.6 Å². The molecular weight excluding hydrogens is 188 g/mol. The number of hydrogen-bond acceptors (Lipinski definition) is 3. The molecule has 3 N–H and O–H groups in total. The zero-order chi connectivity index (χ0) is 11.1. The number of hydrogen-bond donors (Lipinski definition) is 2. The molecule has 0 aromatic heterocycles. The molecular formula is C12H20N2O. The average molecular weight is 208 g/mol. The van der Waals surface area contributed by atoms with Gasteiger partial charge >= 0.3 is 0 Å². The van der Waals surface area contributed by atoms with Gasteiger partial charge in [0.2, 0.25) is 0 Å². The Bertz CT molecular complexity index is 289. The lowest BCUT2D eigenvalue weighted by molar-refractivity contribution is 0.123. The average Bonchev–Trinajstić information content (AvgIpc) is 2.26. The Morgan fingerprint density at radius 2 is 2.13 bits per heavy atom. The van der Waals surface area contributed by atoms with E-state index in [2.05, 4.69) is 30.5 Å². The van der Waals surface area contributed by atoms with Gasteiger partial charge in [-0.3, -0.25) is 11.3 Å². The minimum Gasteiger partial charge on any atom is -0.380 e. The van der Waals surface area contributed by atoms with E-state index in [9.17, 15) is 0 Å². The maximum Gasteiger partial charge on any atom is 0.0636 e. The van der Waals surface area contributed by atoms with Crippen molar-refractivity contribution in [3.05, 3.63) is 35.4 Å². The van der Waals surface area contributed by atoms with Crippen molar-refractivity contribution in [1.29, 1.82) is 0 Å². The van der Waals surface area contributed by atoms with E-state index in [-0.39, 0.29) is 6.04 Å². The number of aryl methyl sites for hydroxylation is 1. The molecule has 15 heavy (non-hydrogen) atoms. The van der Waals surface area contributed by atoms with Gasteiger partial charge < -0.3 is 4.74 Å². The molecule has 1 aromatic rings. The van der Waals surface area contributed by atoms with Crippen molar-refractivity contribution in [2.24, 2.45) is 5.84 Å². The Balaban J connectivity index is 2.54. The molecule has 0 amide bonds. The van der Waals surface area contributed by atoms with Crippen LogP contribution in [0.25, 0.3) is 0 Å². The van der Waals surface area contributed by atoms with Crippen LogP contribution in [-0.4, -0.2) is 19.3 Å². The standard InChI is InChI=1S/C12H20N2O/c1-3-15-9-12(14-13)8-11-7-5-4-6-10(11)2/h4-7,12,14H,3,8-9,13H2,1-2H3. The Hall–Kier alpha value is -0.900. The smallest absolute Gasteiger partial charge is 0.0636 e. The molecule has 3 heteroatoms. The van der Waals surface area contributed by atoms with Crippen LogP contribution in [0, 0.1) is 6.92 Å². The molecule has 0 aliphatic carbocycles. The van der Waals surface area contributed by atoms with Gasteiger partial charge in [0, 0.05) is 12.6 Å². The summed E-state index contributed by atoms with van der Waals surface area (Å²) in [5.74, 6) is 5.48. The first-order chi connectivity index (χ1) is 7.27. The van der Waals surface area contributed by atoms with E-state index in [0.29, 0.717) is 6.61 Å². The molecule has 1 atom stereocenters. The van der Waals surface area contributed by atoms with Gasteiger partial charge in [-0.1, -0.05) is 24.3 Å². The lowest BCUT2D eigenvalue weighted by Gasteiger charge is -2.16. The fourth-order valence-corrected chi connectivity index (χ4v) is 1.53. The molecule has 1 aromatic carbocycles. The van der Waals surface area contributed by atoms with Gasteiger partial charge in [-0.25, -0.2) is 0 Å². The largest absolute Gasteiger partial charge is 0.380 e. The van der Waals surface area contributed by atoms with E-state index < -0.39 is 0 Å². The summed E-state index contributed by atoms with van der Waals surface area (Å²) in [6.07, 6.45) is 0.906. The normalized spacial score (nSPS) is 12.7. The molecule has 0 saturated carbocycles. The van der Waals surface area contributed by atoms with Crippen LogP contribution in [0.15, 0.2) is 24.3 Å². The summed E-state index contributed by atoms with van der Waals surface area (Å²) in [6, 6.07) is 8.53. The maximum atomic E-state index is 5.48. The van der Waals surface area contributed by atoms with Gasteiger partial charge in [0.1, 0.15) is 0 Å². The molecule has 0 spiro atoms. The molecule has 3 nitrogen and oxygen atoms in total. The molecule has 0 aliphatic rings. The first-order valence-electron chi connectivity index (χ1n) is 5.36. The summed E-state index contributed by atoms with van der Waals surface area (Å²) in [7, 11) is 0. The molecule has 0 fully saturated rings. The number of hydrazine groups is 1. The van der Waals surface area contributed by atoms with Crippen LogP contribution in [0.1, 0.15) is 18.1 Å². The lowest BCUT2D eigenvalue weighted by Crippen LogP contribution is -2.40. The van der Waals surface area contributed by atoms with Crippen molar-refractivity contribution < 1.29 is 4.74 Å². The highest BCUT2D eigenvalue weighted by molar-refractivity contribution is 5.26. The second-order valence-electron chi connectivity index (χ2n) is 3.65. The van der Waals surface area contributed by atoms with Crippen LogP contribution in [0.3, 0.4) is 0 Å². The summed E-state index contributed by atoms with van der Waals surface area (Å²) >= 11 is 0. The van der Waals surface area contributed by atoms with Gasteiger partial charge in [0.05, 0.1) is 6.61 Å². The van der Waals surface area contributed by atoms with Crippen LogP contribution in [0.2, 0.25) is 0 Å². The van der Waals surface area contributed by atoms with Gasteiger partial charge in [-0.05, 0) is 31.4 Å². The predicted octanol–water partition coefficient (Wildman–Crippen LogP) is 1.41. The Morgan fingerprint density at radius 3 is 2.73 bits per heavy atom. The Labute approximate surface area is 91.6 Å². The number of nitrogens with one attached hydrogen (secondary N) is 1. The number of benzene rings is 1. The Kier molecular flexibility index (Phi) is 5.32. The maximum absolute atomic E-state index is 5.48. The van der Waals surface area contributed by atoms with Crippen LogP contribution < -0.4 is 11.3 Å². The van der Waals surface area contributed by atoms with Crippen molar-refractivity contribution in [3.63, 3.8) is 0 Å². The van der Waals surface area contributed by atoms with Crippen molar-refractivity contribution in [2.75, 3.05) is 13.2 Å². The summed E-state index contributed by atoms with van der Waals surface area (Å²) in [6.45, 7) is 5.48. The summed E-state index contributed by atoms with van der Waals surface area (Å²) in [5, 5.41) is 0. The second-order valence-corrected chi connectivity index (χ2v) is 3.65. The van der Waals surface area contributed by atoms with E-state index in [0.717, 1.165) is 13.0 Å². The van der Waals surface area contributed by atoms with E-state index in [1.165, 1.54) is 11.1 Å². The lowest BCUT2D eigenvalue weighted by atomic mass is 10.0. The summed E-state index contributed by atoms with van der Waals surface area (Å²) in [4.78, 5) is 0. The highest BCUT2D eigenvalue weighted by atomic mass is 16.5. The van der Waals surface area contributed by atoms with Crippen LogP contribution in [0.5, 0.6) is 0 Å². The van der Waals surface area contributed by atoms with Gasteiger partial charge in [-0.2, -0.15) is 0 Å². The molecule has 0 saturated heterocycles. The van der Waals surface area contributed by atoms with E-state index in [1.807, 2.05) is 13.0 Å². The minimum absolute atomic E-state index is 0.186. The zero-order valence-electron chi connectivity index (χ0n) is 9.49. The number of nitrogens with two attached hydrogens (primary N) is 1. The van der Waals surface area contributed by atoms with E-state index >= 15 is 0 Å². The van der Waals surface area contributed by atoms with E-state index in [1.54, 1.807) is 0 Å². The SMILES string of the molecule is CCOCC(Cc1ccccc1C)NN. The second kappa shape index (κ2) is 6.56. The van der Waals surface area contributed by atoms with Crippen molar-refractivity contribution in [3.8, 4) is 0 Å². The minimum atomic E-state index is 0.186. The molecule has 0 bridgehead atoms. The summed E-state index contributed by atoms with van der Waals surface area (Å²) < 4.78 is 5.36. The zero-order valence-corrected chi connectivity index (χ0v) is 9.49. The first kappa shape index (κ1) is 12.2. The van der Waals surface area contributed by atoms with Gasteiger partial charge in [0.25, 0.3) is 0 Å². The van der Waals surface area contributed by atoms with Crippen molar-refractivity contribution in [2.45, 2.75) is 26.3 Å². The molecule has 84 valence electrons. The van der Waals surface area contributed by atoms with Crippen molar-refractivity contribution >= 4 is 0 Å². The van der Waals surface area contributed by atoms with Gasteiger partial charge in [-0.15, -0.1) is 0 Å². The topological polar surface area (TPSA) is 47.3 Å². The number of rotatable bonds is 6. The van der Waals surface area contributed by atoms with Crippen LogP contribution in [-0.2, 0) is 11.2 Å². The van der Waals surface area contributed by atoms with Gasteiger partial charge in [0.15, 0.2) is 0 Å². The Morgan fingerprint density at radius 1 is 1.40 bits per heavy atom. The number of ether oxygens (including phenoxy) is 1. The molecule has 1 rings (SSSR count). The fraction of sp³-hybridized carbons (Fsp3) is 0.500. The third-order valence-electron chi connectivity index (χ3n) is 2.49. The highest BCUT2D eigenvalue weighted by Gasteiger charge is 2.08. The molecule has 1 unspecified atom stereocenters. The monoisotopic (exact) mass is 208 g/mol. The molecule has 0 heterocycles. The molecule has 0 aliphatic heterocycles. The third kappa shape index (κ3) is 4.00. The fourth-order valence-electron chi connectivity index (χ4n) is 1.53. The summed E-state index contributed by atoms with van der Waals surface area (Å²) in [5.41, 5.74) is 5.41. The first-order valence-corrected chi connectivity index (χ1v) is 5.36. The van der Waals surface area contributed by atoms with Crippen LogP contribution in [0.4, 0.5) is 0 Å². The predicted molar refractivity (Wildman–Crippen MR) is 62.5 cm³/mol. The quantitative estimate of drug-likeness (QED) is 0.549. The molecule has 0 radical (unpaired) electrons. The van der Waals surface area contributed by atoms with Crippen molar-refractivity contribution in [1.82, 2.24) is 5.43 Å². The van der Waals surface area contributed by atoms with Crippen LogP contribution >= 0.6 is 0 Å². The third-order valence-corrected chi connectivity index (χ3v) is 2.49. The highest BCUT2D eigenvalue weighted by Crippen LogP contribution is 2.09.